The van der Waals surface area contributed by atoms with Gasteiger partial charge in [-0.25, -0.2) is 9.59 Å². The van der Waals surface area contributed by atoms with Gasteiger partial charge in [0, 0.05) is 12.2 Å². The highest BCUT2D eigenvalue weighted by Crippen LogP contribution is 2.12. The zero-order valence-corrected chi connectivity index (χ0v) is 15.9. The van der Waals surface area contributed by atoms with Crippen molar-refractivity contribution in [1.82, 2.24) is 0 Å². The number of methoxy groups -OCH3 is 1. The van der Waals surface area contributed by atoms with Gasteiger partial charge >= 0.3 is 11.9 Å². The molecule has 0 bridgehead atoms. The van der Waals surface area contributed by atoms with Gasteiger partial charge in [-0.1, -0.05) is 24.3 Å². The molecule has 7 nitrogen and oxygen atoms in total. The molecule has 1 atom stereocenters. The molecule has 0 aliphatic rings. The van der Waals surface area contributed by atoms with Crippen molar-refractivity contribution in [3.8, 4) is 11.5 Å². The second-order valence-corrected chi connectivity index (χ2v) is 5.95. The summed E-state index contributed by atoms with van der Waals surface area (Å²) in [5, 5.41) is 19.0. The van der Waals surface area contributed by atoms with E-state index in [0.717, 1.165) is 5.56 Å². The third-order valence-corrected chi connectivity index (χ3v) is 3.67. The van der Waals surface area contributed by atoms with Gasteiger partial charge in [0.1, 0.15) is 30.8 Å². The number of hydrogen-bond acceptors (Lipinski definition) is 7. The van der Waals surface area contributed by atoms with Gasteiger partial charge in [0.15, 0.2) is 0 Å². The van der Waals surface area contributed by atoms with Gasteiger partial charge in [-0.15, -0.1) is 0 Å². The summed E-state index contributed by atoms with van der Waals surface area (Å²) >= 11 is 0. The predicted molar refractivity (Wildman–Crippen MR) is 107 cm³/mol. The molecule has 0 aliphatic heterocycles. The number of aliphatic hydroxyl groups excluding tert-OH is 1. The van der Waals surface area contributed by atoms with E-state index in [9.17, 15) is 19.8 Å². The predicted octanol–water partition coefficient (Wildman–Crippen LogP) is 2.57. The minimum Gasteiger partial charge on any atom is -0.508 e. The van der Waals surface area contributed by atoms with Crippen LogP contribution in [0.5, 0.6) is 11.5 Å². The van der Waals surface area contributed by atoms with Gasteiger partial charge < -0.3 is 24.4 Å². The molecule has 0 saturated heterocycles. The van der Waals surface area contributed by atoms with E-state index in [0.29, 0.717) is 11.3 Å². The maximum absolute atomic E-state index is 11.7. The minimum absolute atomic E-state index is 0.126. The number of benzene rings is 2. The number of aromatic hydroxyl groups is 1. The van der Waals surface area contributed by atoms with Gasteiger partial charge in [0.05, 0.1) is 7.11 Å². The lowest BCUT2D eigenvalue weighted by Gasteiger charge is -2.10. The van der Waals surface area contributed by atoms with E-state index in [2.05, 4.69) is 0 Å². The molecule has 2 N–H and O–H groups in total. The Balaban J connectivity index is 1.68. The summed E-state index contributed by atoms with van der Waals surface area (Å²) in [6.07, 6.45) is 4.38. The number of hydrogen-bond donors (Lipinski definition) is 2. The molecule has 0 unspecified atom stereocenters. The van der Waals surface area contributed by atoms with Crippen LogP contribution in [0.15, 0.2) is 60.7 Å². The summed E-state index contributed by atoms with van der Waals surface area (Å²) in [5.74, 6) is -0.442. The summed E-state index contributed by atoms with van der Waals surface area (Å²) in [6, 6.07) is 13.3. The summed E-state index contributed by atoms with van der Waals surface area (Å²) in [7, 11) is 1.57. The molecule has 0 aliphatic carbocycles. The maximum Gasteiger partial charge on any atom is 0.330 e. The number of carbonyl (C=O) groups is 2. The van der Waals surface area contributed by atoms with Crippen LogP contribution in [0.25, 0.3) is 12.2 Å². The van der Waals surface area contributed by atoms with Gasteiger partial charge in [-0.2, -0.15) is 0 Å². The van der Waals surface area contributed by atoms with Crippen molar-refractivity contribution in [3.63, 3.8) is 0 Å². The van der Waals surface area contributed by atoms with E-state index in [-0.39, 0.29) is 19.0 Å². The average molecular weight is 398 g/mol. The minimum atomic E-state index is -1.14. The van der Waals surface area contributed by atoms with E-state index < -0.39 is 18.0 Å². The number of rotatable bonds is 9. The highest BCUT2D eigenvalue weighted by molar-refractivity contribution is 5.87. The van der Waals surface area contributed by atoms with Crippen molar-refractivity contribution < 1.29 is 34.0 Å². The second kappa shape index (κ2) is 11.3. The smallest absolute Gasteiger partial charge is 0.330 e. The maximum atomic E-state index is 11.7. The number of phenols is 1. The molecule has 152 valence electrons. The van der Waals surface area contributed by atoms with E-state index in [4.69, 9.17) is 14.2 Å². The Kier molecular flexibility index (Phi) is 8.47. The highest BCUT2D eigenvalue weighted by atomic mass is 16.6. The molecule has 2 aromatic rings. The van der Waals surface area contributed by atoms with E-state index in [1.54, 1.807) is 49.6 Å². The van der Waals surface area contributed by atoms with Crippen molar-refractivity contribution in [1.29, 1.82) is 0 Å². The third kappa shape index (κ3) is 8.32. The Morgan fingerprint density at radius 1 is 0.862 bits per heavy atom. The first kappa shape index (κ1) is 21.7. The number of carbonyl (C=O) groups excluding carboxylic acids is 2. The number of aliphatic hydroxyl groups is 1. The fourth-order valence-electron chi connectivity index (χ4n) is 2.13. The monoisotopic (exact) mass is 398 g/mol. The molecule has 0 amide bonds. The molecule has 0 aromatic heterocycles. The van der Waals surface area contributed by atoms with Gasteiger partial charge in [0.25, 0.3) is 0 Å². The number of esters is 2. The van der Waals surface area contributed by atoms with Crippen LogP contribution in [-0.2, 0) is 19.1 Å². The Bertz CT molecular complexity index is 852. The van der Waals surface area contributed by atoms with E-state index in [1.165, 1.54) is 30.4 Å². The molecular weight excluding hydrogens is 376 g/mol. The van der Waals surface area contributed by atoms with Crippen LogP contribution < -0.4 is 4.74 Å². The summed E-state index contributed by atoms with van der Waals surface area (Å²) < 4.78 is 14.8. The standard InChI is InChI=1S/C22H22O7/c1-27-20-10-4-17(5-11-20)7-13-22(26)29-15-19(24)14-28-21(25)12-6-16-2-8-18(23)9-3-16/h2-13,19,23-24H,14-15H2,1H3/t19-/m0/s1. The first-order chi connectivity index (χ1) is 14.0. The average Bonchev–Trinajstić information content (AvgIpc) is 2.74. The lowest BCUT2D eigenvalue weighted by atomic mass is 10.2. The Hall–Kier alpha value is -3.58. The normalized spacial score (nSPS) is 12.1. The van der Waals surface area contributed by atoms with Crippen LogP contribution in [0.3, 0.4) is 0 Å². The summed E-state index contributed by atoms with van der Waals surface area (Å²) in [5.41, 5.74) is 1.50. The van der Waals surface area contributed by atoms with E-state index >= 15 is 0 Å². The molecule has 0 fully saturated rings. The zero-order chi connectivity index (χ0) is 21.1. The Labute approximate surface area is 168 Å². The van der Waals surface area contributed by atoms with Crippen molar-refractivity contribution in [2.75, 3.05) is 20.3 Å². The first-order valence-electron chi connectivity index (χ1n) is 8.77. The lowest BCUT2D eigenvalue weighted by molar-refractivity contribution is -0.146. The van der Waals surface area contributed by atoms with Crippen LogP contribution in [0.1, 0.15) is 11.1 Å². The zero-order valence-electron chi connectivity index (χ0n) is 15.9. The van der Waals surface area contributed by atoms with Crippen molar-refractivity contribution in [2.45, 2.75) is 6.10 Å². The van der Waals surface area contributed by atoms with Crippen LogP contribution in [0.2, 0.25) is 0 Å². The largest absolute Gasteiger partial charge is 0.508 e. The highest BCUT2D eigenvalue weighted by Gasteiger charge is 2.09. The molecular formula is C22H22O7. The van der Waals surface area contributed by atoms with Crippen LogP contribution in [0, 0.1) is 0 Å². The molecule has 0 heterocycles. The molecule has 29 heavy (non-hydrogen) atoms. The van der Waals surface area contributed by atoms with Crippen LogP contribution in [-0.4, -0.2) is 48.6 Å². The third-order valence-electron chi connectivity index (χ3n) is 3.67. The SMILES string of the molecule is COc1ccc(C=CC(=O)OC[C@@H](O)COC(=O)C=Cc2ccc(O)cc2)cc1. The molecule has 2 aromatic carbocycles. The van der Waals surface area contributed by atoms with Crippen LogP contribution >= 0.6 is 0 Å². The first-order valence-corrected chi connectivity index (χ1v) is 8.77. The molecule has 0 spiro atoms. The quantitative estimate of drug-likeness (QED) is 0.494. The molecule has 2 rings (SSSR count). The Morgan fingerprint density at radius 2 is 1.31 bits per heavy atom. The van der Waals surface area contributed by atoms with Gasteiger partial charge in [-0.05, 0) is 47.5 Å². The van der Waals surface area contributed by atoms with Crippen LogP contribution in [0.4, 0.5) is 0 Å². The topological polar surface area (TPSA) is 102 Å². The van der Waals surface area contributed by atoms with Crippen molar-refractivity contribution in [3.05, 3.63) is 71.8 Å². The van der Waals surface area contributed by atoms with Gasteiger partial charge in [0.2, 0.25) is 0 Å². The van der Waals surface area contributed by atoms with Gasteiger partial charge in [-0.3, -0.25) is 0 Å². The second-order valence-electron chi connectivity index (χ2n) is 5.95. The fraction of sp³-hybridized carbons (Fsp3) is 0.182. The summed E-state index contributed by atoms with van der Waals surface area (Å²) in [4.78, 5) is 23.3. The molecule has 0 radical (unpaired) electrons. The summed E-state index contributed by atoms with van der Waals surface area (Å²) in [6.45, 7) is -0.616. The molecule has 7 heteroatoms. The fourth-order valence-corrected chi connectivity index (χ4v) is 2.13. The Morgan fingerprint density at radius 3 is 1.76 bits per heavy atom. The molecule has 0 saturated carbocycles. The lowest BCUT2D eigenvalue weighted by Crippen LogP contribution is -2.24. The van der Waals surface area contributed by atoms with Crippen molar-refractivity contribution >= 4 is 24.1 Å². The van der Waals surface area contributed by atoms with Crippen molar-refractivity contribution in [2.24, 2.45) is 0 Å². The van der Waals surface area contributed by atoms with E-state index in [1.807, 2.05) is 0 Å². The number of ether oxygens (including phenoxy) is 3. The number of phenolic OH excluding ortho intramolecular Hbond substituents is 1.